The van der Waals surface area contributed by atoms with Crippen molar-refractivity contribution in [3.05, 3.63) is 241 Å². The molecule has 0 amide bonds. The van der Waals surface area contributed by atoms with Crippen molar-refractivity contribution < 1.29 is 4.42 Å². The van der Waals surface area contributed by atoms with Gasteiger partial charge in [-0.05, 0) is 74.8 Å². The van der Waals surface area contributed by atoms with Crippen LogP contribution in [0.1, 0.15) is 16.7 Å². The Morgan fingerprint density at radius 2 is 0.921 bits per heavy atom. The third-order valence-corrected chi connectivity index (χ3v) is 13.2. The van der Waals surface area contributed by atoms with Gasteiger partial charge >= 0.3 is 0 Å². The summed E-state index contributed by atoms with van der Waals surface area (Å²) in [4.78, 5) is 10.8. The lowest BCUT2D eigenvalue weighted by molar-refractivity contribution is 0.669. The van der Waals surface area contributed by atoms with Crippen LogP contribution < -0.4 is 0 Å². The van der Waals surface area contributed by atoms with E-state index < -0.39 is 0 Å². The van der Waals surface area contributed by atoms with Gasteiger partial charge in [-0.1, -0.05) is 188 Å². The fraction of sp³-hybridized carbons (Fsp3) is 0. The molecule has 9 aromatic carbocycles. The number of hydrogen-bond acceptors (Lipinski definition) is 4. The molecule has 0 aliphatic carbocycles. The van der Waals surface area contributed by atoms with E-state index in [0.717, 1.165) is 72.2 Å². The molecule has 12 rings (SSSR count). The summed E-state index contributed by atoms with van der Waals surface area (Å²) in [6.07, 6.45) is 1.98. The molecule has 0 saturated heterocycles. The number of aliphatic imine (C=N–C) groups is 2. The third-order valence-electron chi connectivity index (χ3n) is 12.0. The van der Waals surface area contributed by atoms with E-state index in [9.17, 15) is 0 Å². The van der Waals surface area contributed by atoms with E-state index in [1.807, 2.05) is 47.7 Å². The lowest BCUT2D eigenvalue weighted by atomic mass is 9.96. The minimum Gasteiger partial charge on any atom is -0.456 e. The highest BCUT2D eigenvalue weighted by Gasteiger charge is 2.21. The second-order valence-electron chi connectivity index (χ2n) is 15.8. The average molecular weight is 821 g/mol. The van der Waals surface area contributed by atoms with Crippen LogP contribution in [0.4, 0.5) is 0 Å². The smallest absolute Gasteiger partial charge is 0.161 e. The predicted molar refractivity (Wildman–Crippen MR) is 266 cm³/mol. The lowest BCUT2D eigenvalue weighted by Gasteiger charge is -2.10. The summed E-state index contributed by atoms with van der Waals surface area (Å²) in [6, 6.07) is 74.8. The van der Waals surface area contributed by atoms with Gasteiger partial charge in [-0.25, -0.2) is 9.98 Å². The molecule has 294 valence electrons. The Morgan fingerprint density at radius 3 is 1.70 bits per heavy atom. The molecule has 11 aromatic rings. The minimum atomic E-state index is 0.591. The summed E-state index contributed by atoms with van der Waals surface area (Å²) in [6.45, 7) is 0. The molecule has 0 N–H and O–H groups in total. The Hall–Kier alpha value is -8.14. The van der Waals surface area contributed by atoms with Gasteiger partial charge in [-0.2, -0.15) is 0 Å². The molecule has 0 atom stereocenters. The zero-order valence-corrected chi connectivity index (χ0v) is 34.8. The van der Waals surface area contributed by atoms with Crippen molar-refractivity contribution in [2.75, 3.05) is 0 Å². The zero-order valence-electron chi connectivity index (χ0n) is 34.0. The first-order valence-electron chi connectivity index (χ1n) is 21.1. The van der Waals surface area contributed by atoms with Crippen molar-refractivity contribution in [1.82, 2.24) is 0 Å². The highest BCUT2D eigenvalue weighted by Crippen LogP contribution is 2.42. The van der Waals surface area contributed by atoms with Gasteiger partial charge in [-0.3, -0.25) is 0 Å². The van der Waals surface area contributed by atoms with Crippen LogP contribution >= 0.6 is 11.3 Å². The number of amidine groups is 1. The molecular formula is C59H36N2OS. The number of nitrogens with zero attached hydrogens (tertiary/aromatic N) is 2. The SMILES string of the molecule is C1=CC(c2cccc(-c3cccc(-c4cccc5c4sc4ccccc45)c3)c2)=NC(c2cccc3oc4cccc(-c5ccccc5)c4c23)=NC=1c1ccc(-c2ccccc2)cc1. The quantitative estimate of drug-likeness (QED) is 0.148. The van der Waals surface area contributed by atoms with E-state index in [-0.39, 0.29) is 0 Å². The number of furan rings is 1. The molecule has 0 saturated carbocycles. The zero-order chi connectivity index (χ0) is 41.7. The van der Waals surface area contributed by atoms with Crippen LogP contribution in [0.15, 0.2) is 239 Å². The Kier molecular flexibility index (Phi) is 8.97. The molecular weight excluding hydrogens is 785 g/mol. The van der Waals surface area contributed by atoms with Crippen LogP contribution in [-0.2, 0) is 0 Å². The number of hydrogen-bond donors (Lipinski definition) is 0. The van der Waals surface area contributed by atoms with Gasteiger partial charge in [0, 0.05) is 53.7 Å². The second-order valence-corrected chi connectivity index (χ2v) is 16.8. The molecule has 0 bridgehead atoms. The maximum atomic E-state index is 6.57. The number of allylic oxidation sites excluding steroid dienone is 1. The fourth-order valence-corrected chi connectivity index (χ4v) is 10.2. The van der Waals surface area contributed by atoms with Crippen LogP contribution in [0.2, 0.25) is 0 Å². The van der Waals surface area contributed by atoms with Crippen molar-refractivity contribution in [2.24, 2.45) is 9.98 Å². The van der Waals surface area contributed by atoms with Gasteiger partial charge in [0.2, 0.25) is 0 Å². The fourth-order valence-electron chi connectivity index (χ4n) is 8.92. The Bertz CT molecular complexity index is 3700. The summed E-state index contributed by atoms with van der Waals surface area (Å²) >= 11 is 1.86. The van der Waals surface area contributed by atoms with Crippen molar-refractivity contribution in [3.63, 3.8) is 0 Å². The second kappa shape index (κ2) is 15.4. The highest BCUT2D eigenvalue weighted by molar-refractivity contribution is 7.26. The van der Waals surface area contributed by atoms with E-state index >= 15 is 0 Å². The molecule has 0 spiro atoms. The predicted octanol–water partition coefficient (Wildman–Crippen LogP) is 16.1. The first-order chi connectivity index (χ1) is 31.2. The molecule has 63 heavy (non-hydrogen) atoms. The average Bonchev–Trinajstić information content (AvgIpc) is 3.85. The first kappa shape index (κ1) is 36.7. The number of thiophene rings is 1. The van der Waals surface area contributed by atoms with Gasteiger partial charge in [0.1, 0.15) is 16.9 Å². The standard InChI is InChI=1S/C59H36N2OS/c1-3-14-38(15-4-1)39-30-32-41(33-31-39)51-34-35-52(61-59(60-51)50-26-13-28-54-57(50)56-46(23-12-27-53(56)62-54)40-16-5-2-6-17-40)45-21-10-19-43(37-45)42-18-9-20-44(36-42)47-24-11-25-49-48-22-7-8-29-55(48)63-58(47)49/h1-33,35-37H. The van der Waals surface area contributed by atoms with Crippen LogP contribution in [0.5, 0.6) is 0 Å². The first-order valence-corrected chi connectivity index (χ1v) is 21.9. The molecule has 4 heteroatoms. The van der Waals surface area contributed by atoms with Crippen molar-refractivity contribution >= 4 is 70.7 Å². The van der Waals surface area contributed by atoms with Crippen molar-refractivity contribution in [1.29, 1.82) is 0 Å². The van der Waals surface area contributed by atoms with Crippen LogP contribution in [0.25, 0.3) is 92.3 Å². The molecule has 3 heterocycles. The van der Waals surface area contributed by atoms with Crippen molar-refractivity contribution in [2.45, 2.75) is 0 Å². The van der Waals surface area contributed by atoms with Crippen molar-refractivity contribution in [3.8, 4) is 44.5 Å². The summed E-state index contributed by atoms with van der Waals surface area (Å²) < 4.78 is 9.18. The highest BCUT2D eigenvalue weighted by atomic mass is 32.1. The molecule has 2 aromatic heterocycles. The molecule has 0 radical (unpaired) electrons. The Labute approximate surface area is 368 Å². The normalized spacial score (nSPS) is 12.7. The maximum absolute atomic E-state index is 6.57. The number of fused-ring (bicyclic) bond motifs is 6. The molecule has 0 unspecified atom stereocenters. The van der Waals surface area contributed by atoms with Gasteiger partial charge in [0.05, 0.1) is 5.71 Å². The van der Waals surface area contributed by atoms with Gasteiger partial charge in [0.25, 0.3) is 0 Å². The summed E-state index contributed by atoms with van der Waals surface area (Å²) in [5, 5.41) is 4.62. The molecule has 0 fully saturated rings. The van der Waals surface area contributed by atoms with Crippen LogP contribution in [0.3, 0.4) is 0 Å². The van der Waals surface area contributed by atoms with Gasteiger partial charge in [-0.15, -0.1) is 11.3 Å². The number of benzene rings is 9. The van der Waals surface area contributed by atoms with E-state index in [2.05, 4.69) is 188 Å². The number of rotatable bonds is 7. The lowest BCUT2D eigenvalue weighted by Crippen LogP contribution is -2.05. The van der Waals surface area contributed by atoms with E-state index in [4.69, 9.17) is 14.4 Å². The Balaban J connectivity index is 1.00. The minimum absolute atomic E-state index is 0.591. The molecule has 3 nitrogen and oxygen atoms in total. The van der Waals surface area contributed by atoms with E-state index in [1.54, 1.807) is 0 Å². The molecule has 1 aliphatic rings. The molecule has 1 aliphatic heterocycles. The summed E-state index contributed by atoms with van der Waals surface area (Å²) in [7, 11) is 0. The largest absolute Gasteiger partial charge is 0.456 e. The topological polar surface area (TPSA) is 37.9 Å². The maximum Gasteiger partial charge on any atom is 0.161 e. The third kappa shape index (κ3) is 6.63. The van der Waals surface area contributed by atoms with E-state index in [1.165, 1.54) is 36.9 Å². The monoisotopic (exact) mass is 820 g/mol. The van der Waals surface area contributed by atoms with Gasteiger partial charge < -0.3 is 4.42 Å². The van der Waals surface area contributed by atoms with Crippen LogP contribution in [-0.4, -0.2) is 11.5 Å². The van der Waals surface area contributed by atoms with Gasteiger partial charge in [0.15, 0.2) is 5.84 Å². The van der Waals surface area contributed by atoms with E-state index in [0.29, 0.717) is 11.5 Å². The summed E-state index contributed by atoms with van der Waals surface area (Å²) in [5.74, 6) is 0.591. The Morgan fingerprint density at radius 1 is 0.381 bits per heavy atom. The summed E-state index contributed by atoms with van der Waals surface area (Å²) in [5.41, 5.74) is 18.7. The van der Waals surface area contributed by atoms with Crippen LogP contribution in [0, 0.1) is 0 Å².